The fourth-order valence-corrected chi connectivity index (χ4v) is 3.77. The number of carbonyl (C=O) groups excluding carboxylic acids is 1. The van der Waals surface area contributed by atoms with Gasteiger partial charge in [0, 0.05) is 5.75 Å². The molecule has 2 aliphatic rings. The molecule has 2 N–H and O–H groups in total. The summed E-state index contributed by atoms with van der Waals surface area (Å²) in [6.07, 6.45) is 3.39. The first kappa shape index (κ1) is 12.7. The van der Waals surface area contributed by atoms with Crippen molar-refractivity contribution in [2.45, 2.75) is 43.6 Å². The maximum atomic E-state index is 11.8. The Balaban J connectivity index is 1.81. The van der Waals surface area contributed by atoms with Crippen LogP contribution in [0.4, 0.5) is 0 Å². The molecule has 2 heterocycles. The third-order valence-electron chi connectivity index (χ3n) is 3.27. The predicted octanol–water partition coefficient (Wildman–Crippen LogP) is 0.503. The number of carboxylic acid groups (broad SMARTS) is 1. The van der Waals surface area contributed by atoms with E-state index in [-0.39, 0.29) is 17.3 Å². The van der Waals surface area contributed by atoms with Crippen molar-refractivity contribution in [3.05, 3.63) is 0 Å². The highest BCUT2D eigenvalue weighted by Gasteiger charge is 2.56. The van der Waals surface area contributed by atoms with E-state index in [0.29, 0.717) is 5.75 Å². The first-order valence-electron chi connectivity index (χ1n) is 6.06. The molecule has 2 fully saturated rings. The molecule has 2 aliphatic heterocycles. The fraction of sp³-hybridized carbons (Fsp3) is 0.818. The van der Waals surface area contributed by atoms with Crippen LogP contribution in [0.25, 0.3) is 0 Å². The number of thioether (sulfide) groups is 1. The van der Waals surface area contributed by atoms with Crippen LogP contribution in [0.2, 0.25) is 0 Å². The molecule has 0 bridgehead atoms. The normalized spacial score (nSPS) is 31.2. The van der Waals surface area contributed by atoms with Gasteiger partial charge in [-0.1, -0.05) is 19.8 Å². The summed E-state index contributed by atoms with van der Waals surface area (Å²) in [5, 5.41) is 12.2. The Morgan fingerprint density at radius 1 is 1.59 bits per heavy atom. The van der Waals surface area contributed by atoms with Crippen LogP contribution in [-0.2, 0) is 9.59 Å². The number of nitrogens with one attached hydrogen (secondary N) is 1. The monoisotopic (exact) mass is 258 g/mol. The topological polar surface area (TPSA) is 69.6 Å². The Morgan fingerprint density at radius 2 is 2.35 bits per heavy atom. The summed E-state index contributed by atoms with van der Waals surface area (Å²) in [5.74, 6) is -0.430. The molecule has 5 nitrogen and oxygen atoms in total. The molecule has 0 spiro atoms. The lowest BCUT2D eigenvalue weighted by molar-refractivity contribution is -0.158. The van der Waals surface area contributed by atoms with E-state index in [1.807, 2.05) is 0 Å². The third kappa shape index (κ3) is 2.28. The summed E-state index contributed by atoms with van der Waals surface area (Å²) in [6.45, 7) is 2.98. The summed E-state index contributed by atoms with van der Waals surface area (Å²) in [6, 6.07) is -0.785. The van der Waals surface area contributed by atoms with Crippen molar-refractivity contribution in [1.82, 2.24) is 10.2 Å². The van der Waals surface area contributed by atoms with E-state index in [1.165, 1.54) is 4.90 Å². The van der Waals surface area contributed by atoms with Crippen molar-refractivity contribution < 1.29 is 14.7 Å². The van der Waals surface area contributed by atoms with E-state index in [1.54, 1.807) is 11.8 Å². The van der Waals surface area contributed by atoms with Crippen LogP contribution in [0.15, 0.2) is 0 Å². The van der Waals surface area contributed by atoms with E-state index in [2.05, 4.69) is 12.2 Å². The molecule has 2 saturated heterocycles. The van der Waals surface area contributed by atoms with Crippen LogP contribution in [0.5, 0.6) is 0 Å². The summed E-state index contributed by atoms with van der Waals surface area (Å²) in [5.41, 5.74) is 0. The molecule has 3 atom stereocenters. The van der Waals surface area contributed by atoms with Crippen LogP contribution in [0.1, 0.15) is 26.2 Å². The first-order chi connectivity index (χ1) is 8.16. The number of nitrogens with zero attached hydrogens (tertiary/aromatic N) is 1. The van der Waals surface area contributed by atoms with E-state index < -0.39 is 12.0 Å². The SMILES string of the molecule is CCCCCNC1C(=O)N2C(C(=O)O)CS[C@H]12. The van der Waals surface area contributed by atoms with Gasteiger partial charge in [0.2, 0.25) is 5.91 Å². The summed E-state index contributed by atoms with van der Waals surface area (Å²) in [7, 11) is 0. The maximum absolute atomic E-state index is 11.8. The minimum Gasteiger partial charge on any atom is -0.480 e. The van der Waals surface area contributed by atoms with Crippen molar-refractivity contribution in [3.8, 4) is 0 Å². The zero-order valence-electron chi connectivity index (χ0n) is 9.89. The Bertz CT molecular complexity index is 324. The second-order valence-corrected chi connectivity index (χ2v) is 5.61. The van der Waals surface area contributed by atoms with Crippen molar-refractivity contribution in [2.75, 3.05) is 12.3 Å². The van der Waals surface area contributed by atoms with Crippen LogP contribution >= 0.6 is 11.8 Å². The van der Waals surface area contributed by atoms with Gasteiger partial charge in [-0.2, -0.15) is 0 Å². The van der Waals surface area contributed by atoms with Crippen LogP contribution in [-0.4, -0.2) is 51.6 Å². The molecule has 0 aromatic heterocycles. The molecule has 2 unspecified atom stereocenters. The Kier molecular flexibility index (Phi) is 3.93. The molecule has 0 radical (unpaired) electrons. The van der Waals surface area contributed by atoms with E-state index in [9.17, 15) is 9.59 Å². The highest BCUT2D eigenvalue weighted by Crippen LogP contribution is 2.39. The second kappa shape index (κ2) is 5.27. The summed E-state index contributed by atoms with van der Waals surface area (Å²) in [4.78, 5) is 24.2. The van der Waals surface area contributed by atoms with Crippen molar-refractivity contribution in [3.63, 3.8) is 0 Å². The Hall–Kier alpha value is -0.750. The Labute approximate surface area is 105 Å². The lowest BCUT2D eigenvalue weighted by Gasteiger charge is -2.43. The van der Waals surface area contributed by atoms with Crippen LogP contribution in [0, 0.1) is 0 Å². The van der Waals surface area contributed by atoms with Crippen molar-refractivity contribution in [2.24, 2.45) is 0 Å². The molecule has 96 valence electrons. The molecule has 1 amide bonds. The van der Waals surface area contributed by atoms with Crippen LogP contribution < -0.4 is 5.32 Å². The van der Waals surface area contributed by atoms with Gasteiger partial charge in [0.25, 0.3) is 0 Å². The number of hydrogen-bond acceptors (Lipinski definition) is 4. The zero-order chi connectivity index (χ0) is 12.4. The smallest absolute Gasteiger partial charge is 0.327 e. The van der Waals surface area contributed by atoms with Crippen LogP contribution in [0.3, 0.4) is 0 Å². The molecule has 0 aromatic rings. The lowest BCUT2D eigenvalue weighted by atomic mass is 10.0. The predicted molar refractivity (Wildman–Crippen MR) is 65.8 cm³/mol. The minimum absolute atomic E-state index is 0.0326. The van der Waals surface area contributed by atoms with Crippen molar-refractivity contribution in [1.29, 1.82) is 0 Å². The highest BCUT2D eigenvalue weighted by atomic mass is 32.2. The molecule has 6 heteroatoms. The molecule has 17 heavy (non-hydrogen) atoms. The number of aliphatic carboxylic acids is 1. The molecule has 2 rings (SSSR count). The molecule has 0 aliphatic carbocycles. The van der Waals surface area contributed by atoms with Gasteiger partial charge in [0.1, 0.15) is 17.5 Å². The summed E-state index contributed by atoms with van der Waals surface area (Å²) >= 11 is 1.57. The average molecular weight is 258 g/mol. The first-order valence-corrected chi connectivity index (χ1v) is 7.11. The van der Waals surface area contributed by atoms with Gasteiger partial charge in [0.05, 0.1) is 0 Å². The second-order valence-electron chi connectivity index (χ2n) is 4.46. The number of β-lactam (4-membered cyclic amide) rings is 1. The number of hydrogen-bond donors (Lipinski definition) is 2. The quantitative estimate of drug-likeness (QED) is 0.536. The average Bonchev–Trinajstić information content (AvgIpc) is 2.69. The fourth-order valence-electron chi connectivity index (χ4n) is 2.27. The summed E-state index contributed by atoms with van der Waals surface area (Å²) < 4.78 is 0. The zero-order valence-corrected chi connectivity index (χ0v) is 10.7. The molecular weight excluding hydrogens is 240 g/mol. The number of fused-ring (bicyclic) bond motifs is 1. The maximum Gasteiger partial charge on any atom is 0.327 e. The number of carboxylic acids is 1. The number of amides is 1. The molecule has 0 aromatic carbocycles. The van der Waals surface area contributed by atoms with Gasteiger partial charge in [-0.3, -0.25) is 4.79 Å². The van der Waals surface area contributed by atoms with Gasteiger partial charge in [0.15, 0.2) is 0 Å². The van der Waals surface area contributed by atoms with E-state index in [4.69, 9.17) is 5.11 Å². The largest absolute Gasteiger partial charge is 0.480 e. The number of unbranched alkanes of at least 4 members (excludes halogenated alkanes) is 2. The number of carbonyl (C=O) groups is 2. The van der Waals surface area contributed by atoms with Crippen molar-refractivity contribution >= 4 is 23.6 Å². The van der Waals surface area contributed by atoms with Gasteiger partial charge in [-0.15, -0.1) is 11.8 Å². The van der Waals surface area contributed by atoms with E-state index in [0.717, 1.165) is 25.8 Å². The van der Waals surface area contributed by atoms with Gasteiger partial charge < -0.3 is 15.3 Å². The van der Waals surface area contributed by atoms with Gasteiger partial charge in [-0.05, 0) is 13.0 Å². The lowest BCUT2D eigenvalue weighted by Crippen LogP contribution is -2.69. The minimum atomic E-state index is -0.891. The molecular formula is C11H18N2O3S. The Morgan fingerprint density at radius 3 is 3.00 bits per heavy atom. The van der Waals surface area contributed by atoms with Gasteiger partial charge >= 0.3 is 5.97 Å². The van der Waals surface area contributed by atoms with Gasteiger partial charge in [-0.25, -0.2) is 4.79 Å². The number of rotatable bonds is 6. The third-order valence-corrected chi connectivity index (χ3v) is 4.62. The standard InChI is InChI=1S/C11H18N2O3S/c1-2-3-4-5-12-8-9(14)13-7(11(15)16)6-17-10(8)13/h7-8,10,12H,2-6H2,1H3,(H,15,16)/t7?,8?,10-/m1/s1. The van der Waals surface area contributed by atoms with E-state index >= 15 is 0 Å². The highest BCUT2D eigenvalue weighted by molar-refractivity contribution is 8.00. The molecule has 0 saturated carbocycles.